The SMILES string of the molecule is CNc1nccc(Oc2cccc3cc(C(=O)O)[nH]c23)n1.COc1c(NC(=O)c2cc3cccc(Oc4ccncn4)c3n2C)cc(C(C)(C)C)cc1NS(C)(=O)=O. The molecule has 0 saturated carbocycles. The number of benzene rings is 3. The fourth-order valence-corrected chi connectivity index (χ4v) is 6.48. The number of nitrogens with zero attached hydrogens (tertiary/aromatic N) is 5. The summed E-state index contributed by atoms with van der Waals surface area (Å²) in [6.45, 7) is 5.98. The van der Waals surface area contributed by atoms with Crippen LogP contribution in [0.4, 0.5) is 17.3 Å². The average Bonchev–Trinajstić information content (AvgIpc) is 3.77. The Labute approximate surface area is 333 Å². The first-order chi connectivity index (χ1) is 27.5. The molecule has 4 aromatic heterocycles. The van der Waals surface area contributed by atoms with Crippen LogP contribution < -0.4 is 29.6 Å². The van der Waals surface area contributed by atoms with Crippen molar-refractivity contribution in [1.82, 2.24) is 29.5 Å². The predicted molar refractivity (Wildman–Crippen MR) is 220 cm³/mol. The van der Waals surface area contributed by atoms with Gasteiger partial charge in [0.25, 0.3) is 5.91 Å². The number of methoxy groups -OCH3 is 1. The number of hydrogen-bond acceptors (Lipinski definition) is 12. The minimum absolute atomic E-state index is 0.111. The number of para-hydroxylation sites is 2. The van der Waals surface area contributed by atoms with E-state index in [4.69, 9.17) is 19.3 Å². The third-order valence-electron chi connectivity index (χ3n) is 8.64. The molecule has 17 nitrogen and oxygen atoms in total. The van der Waals surface area contributed by atoms with Gasteiger partial charge in [0.15, 0.2) is 17.2 Å². The Balaban J connectivity index is 0.000000227. The van der Waals surface area contributed by atoms with Crippen LogP contribution in [0.5, 0.6) is 29.0 Å². The maximum atomic E-state index is 13.5. The number of rotatable bonds is 11. The van der Waals surface area contributed by atoms with Gasteiger partial charge in [-0.15, -0.1) is 0 Å². The Bertz CT molecular complexity index is 2740. The Morgan fingerprint density at radius 3 is 2.22 bits per heavy atom. The third-order valence-corrected chi connectivity index (χ3v) is 9.23. The van der Waals surface area contributed by atoms with Gasteiger partial charge in [-0.05, 0) is 47.4 Å². The van der Waals surface area contributed by atoms with Crippen LogP contribution >= 0.6 is 0 Å². The quantitative estimate of drug-likeness (QED) is 0.0874. The van der Waals surface area contributed by atoms with Crippen LogP contribution in [0.2, 0.25) is 0 Å². The van der Waals surface area contributed by atoms with Crippen LogP contribution in [0, 0.1) is 0 Å². The van der Waals surface area contributed by atoms with Crippen LogP contribution in [0.3, 0.4) is 0 Å². The number of aromatic carboxylic acids is 1. The van der Waals surface area contributed by atoms with Gasteiger partial charge in [0.1, 0.15) is 17.7 Å². The van der Waals surface area contributed by atoms with Crippen LogP contribution in [0.1, 0.15) is 47.3 Å². The second kappa shape index (κ2) is 16.5. The molecule has 0 atom stereocenters. The molecule has 0 aliphatic rings. The van der Waals surface area contributed by atoms with E-state index in [-0.39, 0.29) is 22.5 Å². The zero-order valence-electron chi connectivity index (χ0n) is 32.6. The van der Waals surface area contributed by atoms with Gasteiger partial charge in [-0.1, -0.05) is 45.0 Å². The third kappa shape index (κ3) is 9.24. The molecule has 3 aromatic carbocycles. The highest BCUT2D eigenvalue weighted by atomic mass is 32.2. The standard InChI is InChI=1S/C26H29N5O5S.C14H12N4O3/c1-26(2,3)17-13-18(24(35-5)19(14-17)30-37(6,33)34)29-25(32)20-12-16-8-7-9-21(23(16)31(20)4)36-22-10-11-27-15-28-22;1-15-14-16-6-5-11(18-14)21-10-4-2-3-8-7-9(13(19)20)17-12(8)10/h7-15,30H,1-6H3,(H,29,32);2-7,17H,1H3,(H,19,20)(H,15,16,18). The number of aromatic nitrogens is 6. The van der Waals surface area contributed by atoms with Crippen molar-refractivity contribution in [1.29, 1.82) is 0 Å². The van der Waals surface area contributed by atoms with Crippen LogP contribution in [0.15, 0.2) is 91.5 Å². The number of carbonyl (C=O) groups is 2. The number of ether oxygens (including phenoxy) is 3. The summed E-state index contributed by atoms with van der Waals surface area (Å²) >= 11 is 0. The molecular formula is C40H41N9O8S. The number of hydrogen-bond donors (Lipinski definition) is 5. The minimum Gasteiger partial charge on any atom is -0.492 e. The molecule has 0 aliphatic carbocycles. The number of anilines is 3. The molecule has 5 N–H and O–H groups in total. The lowest BCUT2D eigenvalue weighted by Gasteiger charge is -2.24. The lowest BCUT2D eigenvalue weighted by molar-refractivity contribution is 0.0691. The smallest absolute Gasteiger partial charge is 0.352 e. The summed E-state index contributed by atoms with van der Waals surface area (Å²) in [7, 11) is 1.31. The van der Waals surface area contributed by atoms with Crippen molar-refractivity contribution in [3.8, 4) is 29.0 Å². The van der Waals surface area contributed by atoms with Gasteiger partial charge in [-0.25, -0.2) is 28.2 Å². The van der Waals surface area contributed by atoms with Crippen molar-refractivity contribution < 1.29 is 37.3 Å². The number of H-pyrrole nitrogens is 1. The topological polar surface area (TPSA) is 225 Å². The van der Waals surface area contributed by atoms with E-state index in [1.54, 1.807) is 85.7 Å². The molecule has 0 unspecified atom stereocenters. The van der Waals surface area contributed by atoms with Gasteiger partial charge in [-0.3, -0.25) is 9.52 Å². The summed E-state index contributed by atoms with van der Waals surface area (Å²) in [4.78, 5) is 43.5. The van der Waals surface area contributed by atoms with Gasteiger partial charge in [0, 0.05) is 49.4 Å². The molecule has 58 heavy (non-hydrogen) atoms. The van der Waals surface area contributed by atoms with Gasteiger partial charge < -0.3 is 39.5 Å². The maximum Gasteiger partial charge on any atom is 0.352 e. The van der Waals surface area contributed by atoms with E-state index in [0.29, 0.717) is 51.6 Å². The molecule has 4 heterocycles. The number of amides is 1. The van der Waals surface area contributed by atoms with E-state index < -0.39 is 21.9 Å². The Morgan fingerprint density at radius 2 is 1.57 bits per heavy atom. The fourth-order valence-electron chi connectivity index (χ4n) is 5.93. The van der Waals surface area contributed by atoms with Gasteiger partial charge in [-0.2, -0.15) is 4.98 Å². The molecule has 1 amide bonds. The monoisotopic (exact) mass is 807 g/mol. The first kappa shape index (κ1) is 40.5. The zero-order chi connectivity index (χ0) is 41.8. The molecule has 7 aromatic rings. The maximum absolute atomic E-state index is 13.5. The first-order valence-corrected chi connectivity index (χ1v) is 19.5. The number of carboxylic acid groups (broad SMARTS) is 1. The molecule has 300 valence electrons. The average molecular weight is 808 g/mol. The van der Waals surface area contributed by atoms with Crippen molar-refractivity contribution in [2.45, 2.75) is 26.2 Å². The first-order valence-electron chi connectivity index (χ1n) is 17.6. The van der Waals surface area contributed by atoms with Crippen molar-refractivity contribution in [2.75, 3.05) is 35.8 Å². The zero-order valence-corrected chi connectivity index (χ0v) is 33.4. The van der Waals surface area contributed by atoms with E-state index in [1.165, 1.54) is 13.4 Å². The van der Waals surface area contributed by atoms with E-state index in [2.05, 4.69) is 40.3 Å². The van der Waals surface area contributed by atoms with Crippen molar-refractivity contribution in [2.24, 2.45) is 7.05 Å². The number of nitrogens with one attached hydrogen (secondary N) is 4. The summed E-state index contributed by atoms with van der Waals surface area (Å²) in [5.74, 6) is 1.01. The minimum atomic E-state index is -3.59. The van der Waals surface area contributed by atoms with E-state index in [1.807, 2.05) is 39.0 Å². The van der Waals surface area contributed by atoms with E-state index >= 15 is 0 Å². The van der Waals surface area contributed by atoms with Crippen LogP contribution in [0.25, 0.3) is 21.8 Å². The number of sulfonamides is 1. The van der Waals surface area contributed by atoms with Gasteiger partial charge in [0.05, 0.1) is 35.8 Å². The highest BCUT2D eigenvalue weighted by Gasteiger charge is 2.24. The van der Waals surface area contributed by atoms with E-state index in [9.17, 15) is 18.0 Å². The Morgan fingerprint density at radius 1 is 0.879 bits per heavy atom. The summed E-state index contributed by atoms with van der Waals surface area (Å²) in [5, 5.41) is 16.3. The predicted octanol–water partition coefficient (Wildman–Crippen LogP) is 7.18. The van der Waals surface area contributed by atoms with Crippen LogP contribution in [-0.2, 0) is 22.5 Å². The molecule has 0 spiro atoms. The summed E-state index contributed by atoms with van der Waals surface area (Å²) in [6.07, 6.45) is 5.61. The van der Waals surface area contributed by atoms with Crippen molar-refractivity contribution >= 4 is 61.0 Å². The second-order valence-corrected chi connectivity index (χ2v) is 15.6. The molecule has 0 aliphatic heterocycles. The number of aryl methyl sites for hydroxylation is 1. The lowest BCUT2D eigenvalue weighted by atomic mass is 9.86. The summed E-state index contributed by atoms with van der Waals surface area (Å²) in [6, 6.07) is 20.9. The largest absolute Gasteiger partial charge is 0.492 e. The highest BCUT2D eigenvalue weighted by Crippen LogP contribution is 2.40. The van der Waals surface area contributed by atoms with Crippen molar-refractivity contribution in [3.05, 3.63) is 108 Å². The number of fused-ring (bicyclic) bond motifs is 2. The van der Waals surface area contributed by atoms with E-state index in [0.717, 1.165) is 22.6 Å². The van der Waals surface area contributed by atoms with Gasteiger partial charge >= 0.3 is 5.97 Å². The fraction of sp³-hybridized carbons (Fsp3) is 0.200. The Kier molecular flexibility index (Phi) is 11.5. The number of carbonyl (C=O) groups excluding carboxylic acids is 1. The normalized spacial score (nSPS) is 11.4. The summed E-state index contributed by atoms with van der Waals surface area (Å²) < 4.78 is 45.4. The lowest BCUT2D eigenvalue weighted by Crippen LogP contribution is -2.19. The van der Waals surface area contributed by atoms with Gasteiger partial charge in [0.2, 0.25) is 27.7 Å². The number of aromatic amines is 1. The molecule has 0 saturated heterocycles. The molecule has 0 radical (unpaired) electrons. The molecule has 0 fully saturated rings. The van der Waals surface area contributed by atoms with Crippen molar-refractivity contribution in [3.63, 3.8) is 0 Å². The molecule has 0 bridgehead atoms. The number of carboxylic acids is 1. The second-order valence-electron chi connectivity index (χ2n) is 13.9. The van der Waals surface area contributed by atoms with Crippen LogP contribution in [-0.4, -0.2) is 75.3 Å². The summed E-state index contributed by atoms with van der Waals surface area (Å²) in [5.41, 5.74) is 2.87. The Hall–Kier alpha value is -7.21. The molecule has 18 heteroatoms. The highest BCUT2D eigenvalue weighted by molar-refractivity contribution is 7.92. The molecule has 7 rings (SSSR count). The molecular weight excluding hydrogens is 767 g/mol.